The number of amides is 1. The van der Waals surface area contributed by atoms with Gasteiger partial charge in [-0.1, -0.05) is 87.1 Å². The minimum absolute atomic E-state index is 0.0129. The van der Waals surface area contributed by atoms with Crippen LogP contribution in [-0.2, 0) is 14.7 Å². The number of thioether (sulfide) groups is 1. The maximum absolute atomic E-state index is 13.0. The number of carbonyl (C=O) groups excluding carboxylic acids is 1. The van der Waals surface area contributed by atoms with Gasteiger partial charge in [-0.05, 0) is 68.4 Å². The molecule has 1 aromatic heterocycles. The van der Waals surface area contributed by atoms with Crippen molar-refractivity contribution in [2.75, 3.05) is 0 Å². The predicted molar refractivity (Wildman–Crippen MR) is 177 cm³/mol. The van der Waals surface area contributed by atoms with Crippen LogP contribution in [0.25, 0.3) is 0 Å². The number of benzene rings is 2. The van der Waals surface area contributed by atoms with Gasteiger partial charge >= 0.3 is 6.09 Å². The number of aromatic nitrogens is 1. The van der Waals surface area contributed by atoms with Gasteiger partial charge in [0, 0.05) is 6.20 Å². The average molecular weight is 622 g/mol. The van der Waals surface area contributed by atoms with Crippen LogP contribution in [0, 0.1) is 0 Å². The quantitative estimate of drug-likeness (QED) is 0.229. The Bertz CT molecular complexity index is 1360. The Kier molecular flexibility index (Phi) is 9.32. The fourth-order valence-electron chi connectivity index (χ4n) is 6.06. The molecule has 1 aliphatic carbocycles. The van der Waals surface area contributed by atoms with Crippen molar-refractivity contribution in [3.63, 3.8) is 0 Å². The molecule has 1 saturated carbocycles. The molecule has 0 bridgehead atoms. The summed E-state index contributed by atoms with van der Waals surface area (Å²) in [5.41, 5.74) is 4.29. The molecule has 1 amide bonds. The molecule has 2 aliphatic rings. The molecule has 6 nitrogen and oxygen atoms in total. The number of thiazole rings is 1. The molecule has 224 valence electrons. The lowest BCUT2D eigenvalue weighted by atomic mass is 9.69. The molecule has 42 heavy (non-hydrogen) atoms. The molecule has 1 N–H and O–H groups in total. The van der Waals surface area contributed by atoms with Crippen LogP contribution < -0.4 is 5.32 Å². The minimum Gasteiger partial charge on any atom is -0.444 e. The van der Waals surface area contributed by atoms with E-state index in [-0.39, 0.29) is 23.5 Å². The van der Waals surface area contributed by atoms with E-state index >= 15 is 0 Å². The number of alkyl carbamates (subject to hydrolysis) is 1. The fourth-order valence-corrected chi connectivity index (χ4v) is 11.0. The van der Waals surface area contributed by atoms with E-state index < -0.39 is 19.5 Å². The number of aliphatic imine (C=N–C) groups is 1. The summed E-state index contributed by atoms with van der Waals surface area (Å²) >= 11 is 3.43. The van der Waals surface area contributed by atoms with Gasteiger partial charge in [0.2, 0.25) is 0 Å². The summed E-state index contributed by atoms with van der Waals surface area (Å²) in [6, 6.07) is 22.6. The minimum atomic E-state index is -1.75. The first-order valence-corrected chi connectivity index (χ1v) is 19.4. The number of nitrogens with zero attached hydrogens (tertiary/aromatic N) is 2. The maximum Gasteiger partial charge on any atom is 0.408 e. The van der Waals surface area contributed by atoms with Crippen LogP contribution in [0.4, 0.5) is 4.79 Å². The first-order valence-electron chi connectivity index (χ1n) is 15.1. The molecule has 1 aliphatic heterocycles. The molecule has 2 unspecified atom stereocenters. The fraction of sp³-hybridized carbons (Fsp3) is 0.485. The zero-order valence-electron chi connectivity index (χ0n) is 25.6. The molecule has 3 aromatic rings. The van der Waals surface area contributed by atoms with E-state index in [0.29, 0.717) is 0 Å². The van der Waals surface area contributed by atoms with E-state index in [4.69, 9.17) is 14.2 Å². The standard InChI is InChI=1S/C33H43N3O3S2Si/c1-7-42(8-2,9-3)39-26-19-33(20-26,36-31(37)38-32(4,5)6)25-17-15-23(16-18-25)28-29(24-13-11-10-12-14-24)41-30(35-28)27-21-34-22-40-27/h10-18,21-22,26,28-29H,7-9,19-20H2,1-6H3,(H,36,37). The van der Waals surface area contributed by atoms with E-state index in [1.165, 1.54) is 5.56 Å². The second-order valence-corrected chi connectivity index (χ2v) is 19.2. The summed E-state index contributed by atoms with van der Waals surface area (Å²) in [6.07, 6.45) is 3.16. The highest BCUT2D eigenvalue weighted by Gasteiger charge is 2.50. The van der Waals surface area contributed by atoms with Crippen molar-refractivity contribution in [3.05, 3.63) is 87.9 Å². The maximum atomic E-state index is 13.0. The third kappa shape index (κ3) is 6.69. The SMILES string of the molecule is CC[Si](CC)(CC)OC1CC(NC(=O)OC(C)(C)C)(c2ccc(C3N=C(c4cncs4)SC3c3ccccc3)cc2)C1. The normalized spacial score (nSPS) is 24.1. The molecule has 0 spiro atoms. The molecule has 9 heteroatoms. The lowest BCUT2D eigenvalue weighted by Crippen LogP contribution is -2.60. The van der Waals surface area contributed by atoms with Crippen LogP contribution in [0.15, 0.2) is 71.3 Å². The second-order valence-electron chi connectivity index (χ2n) is 12.4. The Hall–Kier alpha value is -2.46. The van der Waals surface area contributed by atoms with E-state index in [2.05, 4.69) is 85.7 Å². The number of carbonyl (C=O) groups is 1. The summed E-state index contributed by atoms with van der Waals surface area (Å²) < 4.78 is 12.5. The number of hydrogen-bond donors (Lipinski definition) is 1. The van der Waals surface area contributed by atoms with Crippen LogP contribution in [-0.4, -0.2) is 36.1 Å². The summed E-state index contributed by atoms with van der Waals surface area (Å²) in [5.74, 6) is 0. The Labute approximate surface area is 259 Å². The van der Waals surface area contributed by atoms with Crippen LogP contribution in [0.5, 0.6) is 0 Å². The van der Waals surface area contributed by atoms with Gasteiger partial charge in [0.1, 0.15) is 10.6 Å². The van der Waals surface area contributed by atoms with E-state index in [1.807, 2.05) is 44.2 Å². The van der Waals surface area contributed by atoms with E-state index in [9.17, 15) is 4.79 Å². The largest absolute Gasteiger partial charge is 0.444 e. The van der Waals surface area contributed by atoms with Gasteiger partial charge in [-0.15, -0.1) is 11.3 Å². The number of rotatable bonds is 10. The predicted octanol–water partition coefficient (Wildman–Crippen LogP) is 9.02. The van der Waals surface area contributed by atoms with Crippen LogP contribution in [0.1, 0.15) is 87.2 Å². The molecule has 0 radical (unpaired) electrons. The Morgan fingerprint density at radius 2 is 1.67 bits per heavy atom. The summed E-state index contributed by atoms with van der Waals surface area (Å²) in [6.45, 7) is 12.5. The Morgan fingerprint density at radius 3 is 2.24 bits per heavy atom. The Balaban J connectivity index is 1.42. The highest BCUT2D eigenvalue weighted by atomic mass is 32.2. The van der Waals surface area contributed by atoms with Gasteiger partial charge in [-0.25, -0.2) is 4.79 Å². The molecule has 0 saturated heterocycles. The van der Waals surface area contributed by atoms with Crippen molar-refractivity contribution in [2.24, 2.45) is 4.99 Å². The molecule has 1 fully saturated rings. The van der Waals surface area contributed by atoms with Gasteiger partial charge < -0.3 is 14.5 Å². The van der Waals surface area contributed by atoms with Crippen molar-refractivity contribution in [1.82, 2.24) is 10.3 Å². The highest BCUT2D eigenvalue weighted by molar-refractivity contribution is 8.15. The summed E-state index contributed by atoms with van der Waals surface area (Å²) in [4.78, 5) is 23.6. The van der Waals surface area contributed by atoms with Crippen molar-refractivity contribution >= 4 is 42.6 Å². The number of hydrogen-bond acceptors (Lipinski definition) is 7. The van der Waals surface area contributed by atoms with Crippen molar-refractivity contribution in [1.29, 1.82) is 0 Å². The smallest absolute Gasteiger partial charge is 0.408 e. The van der Waals surface area contributed by atoms with Gasteiger partial charge in [0.25, 0.3) is 0 Å². The summed E-state index contributed by atoms with van der Waals surface area (Å²) in [7, 11) is -1.75. The van der Waals surface area contributed by atoms with Crippen molar-refractivity contribution < 1.29 is 14.0 Å². The van der Waals surface area contributed by atoms with Crippen molar-refractivity contribution in [3.8, 4) is 0 Å². The highest BCUT2D eigenvalue weighted by Crippen LogP contribution is 2.51. The third-order valence-electron chi connectivity index (χ3n) is 8.60. The zero-order valence-corrected chi connectivity index (χ0v) is 28.2. The first kappa shape index (κ1) is 31.0. The molecule has 5 rings (SSSR count). The average Bonchev–Trinajstić information content (AvgIpc) is 3.65. The molecule has 2 atom stereocenters. The lowest BCUT2D eigenvalue weighted by Gasteiger charge is -2.51. The van der Waals surface area contributed by atoms with E-state index in [0.717, 1.165) is 52.0 Å². The lowest BCUT2D eigenvalue weighted by molar-refractivity contribution is -0.00523. The van der Waals surface area contributed by atoms with Crippen LogP contribution in [0.2, 0.25) is 18.1 Å². The zero-order chi connectivity index (χ0) is 30.0. The van der Waals surface area contributed by atoms with Gasteiger partial charge in [-0.3, -0.25) is 9.98 Å². The van der Waals surface area contributed by atoms with Crippen molar-refractivity contribution in [2.45, 2.75) is 101 Å². The van der Waals surface area contributed by atoms with Gasteiger partial charge in [0.15, 0.2) is 8.32 Å². The third-order valence-corrected chi connectivity index (χ3v) is 15.5. The summed E-state index contributed by atoms with van der Waals surface area (Å²) in [5, 5.41) is 4.48. The second kappa shape index (κ2) is 12.6. The van der Waals surface area contributed by atoms with E-state index in [1.54, 1.807) is 11.3 Å². The van der Waals surface area contributed by atoms with Crippen LogP contribution >= 0.6 is 23.1 Å². The monoisotopic (exact) mass is 621 g/mol. The topological polar surface area (TPSA) is 72.8 Å². The number of ether oxygens (including phenoxy) is 1. The first-order chi connectivity index (χ1) is 20.1. The Morgan fingerprint density at radius 1 is 1.00 bits per heavy atom. The number of nitrogens with one attached hydrogen (secondary N) is 1. The molecular formula is C33H43N3O3S2Si. The molecule has 2 aromatic carbocycles. The van der Waals surface area contributed by atoms with Gasteiger partial charge in [0.05, 0.1) is 33.3 Å². The van der Waals surface area contributed by atoms with Crippen LogP contribution in [0.3, 0.4) is 0 Å². The van der Waals surface area contributed by atoms with Gasteiger partial charge in [-0.2, -0.15) is 0 Å². The molecular weight excluding hydrogens is 579 g/mol. The molecule has 2 heterocycles.